The number of nitrogens with zero attached hydrogens (tertiary/aromatic N) is 1. The standard InChI is InChI=1S/C13H13N3O2S/c1-19-10-7-5-9(6-8-10)15-12-4-2-3-11(14)13(12)16(17)18/h2-8,15H,14H2,1H3. The average Bonchev–Trinajstić information content (AvgIpc) is 2.39. The van der Waals surface area contributed by atoms with Gasteiger partial charge in [0.15, 0.2) is 0 Å². The van der Waals surface area contributed by atoms with Crippen LogP contribution in [-0.4, -0.2) is 11.2 Å². The first kappa shape index (κ1) is 13.2. The second-order valence-corrected chi connectivity index (χ2v) is 4.73. The molecule has 98 valence electrons. The third-order valence-corrected chi connectivity index (χ3v) is 3.36. The number of rotatable bonds is 4. The van der Waals surface area contributed by atoms with Gasteiger partial charge >= 0.3 is 5.69 Å². The van der Waals surface area contributed by atoms with Crippen molar-refractivity contribution in [2.75, 3.05) is 17.3 Å². The van der Waals surface area contributed by atoms with Crippen molar-refractivity contribution in [1.29, 1.82) is 0 Å². The molecule has 0 aliphatic rings. The summed E-state index contributed by atoms with van der Waals surface area (Å²) in [5.74, 6) is 0. The fraction of sp³-hybridized carbons (Fsp3) is 0.0769. The van der Waals surface area contributed by atoms with Crippen molar-refractivity contribution in [1.82, 2.24) is 0 Å². The summed E-state index contributed by atoms with van der Waals surface area (Å²) < 4.78 is 0. The molecule has 0 aliphatic heterocycles. The van der Waals surface area contributed by atoms with Gasteiger partial charge in [-0.05, 0) is 42.7 Å². The van der Waals surface area contributed by atoms with E-state index in [2.05, 4.69) is 5.32 Å². The molecule has 0 bridgehead atoms. The Morgan fingerprint density at radius 2 is 1.89 bits per heavy atom. The van der Waals surface area contributed by atoms with E-state index in [1.807, 2.05) is 30.5 Å². The van der Waals surface area contributed by atoms with Gasteiger partial charge in [-0.15, -0.1) is 11.8 Å². The summed E-state index contributed by atoms with van der Waals surface area (Å²) in [7, 11) is 0. The first-order chi connectivity index (χ1) is 9.11. The zero-order valence-corrected chi connectivity index (χ0v) is 11.1. The molecule has 19 heavy (non-hydrogen) atoms. The fourth-order valence-electron chi connectivity index (χ4n) is 1.70. The largest absolute Gasteiger partial charge is 0.393 e. The number of hydrogen-bond donors (Lipinski definition) is 2. The average molecular weight is 275 g/mol. The molecule has 0 amide bonds. The summed E-state index contributed by atoms with van der Waals surface area (Å²) >= 11 is 1.64. The number of nitro groups is 1. The predicted molar refractivity (Wildman–Crippen MR) is 79.0 cm³/mol. The zero-order chi connectivity index (χ0) is 13.8. The minimum Gasteiger partial charge on any atom is -0.393 e. The van der Waals surface area contributed by atoms with Gasteiger partial charge in [-0.25, -0.2) is 0 Å². The Kier molecular flexibility index (Phi) is 3.91. The van der Waals surface area contributed by atoms with Crippen LogP contribution in [0.4, 0.5) is 22.7 Å². The second kappa shape index (κ2) is 5.62. The number of nitrogens with one attached hydrogen (secondary N) is 1. The van der Waals surface area contributed by atoms with Crippen LogP contribution in [0, 0.1) is 10.1 Å². The lowest BCUT2D eigenvalue weighted by atomic mass is 10.2. The van der Waals surface area contributed by atoms with E-state index in [0.717, 1.165) is 10.6 Å². The number of nitro benzene ring substituents is 1. The van der Waals surface area contributed by atoms with Gasteiger partial charge in [-0.3, -0.25) is 10.1 Å². The van der Waals surface area contributed by atoms with E-state index in [1.165, 1.54) is 6.07 Å². The first-order valence-electron chi connectivity index (χ1n) is 5.56. The molecule has 0 unspecified atom stereocenters. The molecule has 0 heterocycles. The summed E-state index contributed by atoms with van der Waals surface area (Å²) in [5, 5.41) is 14.0. The monoisotopic (exact) mass is 275 g/mol. The van der Waals surface area contributed by atoms with Gasteiger partial charge in [-0.2, -0.15) is 0 Å². The molecule has 0 fully saturated rings. The lowest BCUT2D eigenvalue weighted by Crippen LogP contribution is -2.00. The number of hydrogen-bond acceptors (Lipinski definition) is 5. The molecule has 2 aromatic carbocycles. The van der Waals surface area contributed by atoms with E-state index in [-0.39, 0.29) is 11.4 Å². The van der Waals surface area contributed by atoms with E-state index < -0.39 is 4.92 Å². The van der Waals surface area contributed by atoms with Crippen LogP contribution in [0.15, 0.2) is 47.4 Å². The molecule has 3 N–H and O–H groups in total. The third-order valence-electron chi connectivity index (χ3n) is 2.62. The van der Waals surface area contributed by atoms with Gasteiger partial charge in [-0.1, -0.05) is 6.07 Å². The highest BCUT2D eigenvalue weighted by atomic mass is 32.2. The van der Waals surface area contributed by atoms with Crippen LogP contribution in [-0.2, 0) is 0 Å². The Balaban J connectivity index is 2.32. The summed E-state index contributed by atoms with van der Waals surface area (Å²) in [6.45, 7) is 0. The van der Waals surface area contributed by atoms with Gasteiger partial charge in [0.2, 0.25) is 0 Å². The molecule has 2 aromatic rings. The van der Waals surface area contributed by atoms with Crippen molar-refractivity contribution in [3.8, 4) is 0 Å². The quantitative estimate of drug-likeness (QED) is 0.385. The van der Waals surface area contributed by atoms with Crippen LogP contribution in [0.5, 0.6) is 0 Å². The van der Waals surface area contributed by atoms with Crippen molar-refractivity contribution in [2.45, 2.75) is 4.90 Å². The van der Waals surface area contributed by atoms with Gasteiger partial charge < -0.3 is 11.1 Å². The SMILES string of the molecule is CSc1ccc(Nc2cccc(N)c2[N+](=O)[O-])cc1. The van der Waals surface area contributed by atoms with Crippen molar-refractivity contribution < 1.29 is 4.92 Å². The second-order valence-electron chi connectivity index (χ2n) is 3.85. The number of para-hydroxylation sites is 1. The Labute approximate surface area is 115 Å². The molecular formula is C13H13N3O2S. The van der Waals surface area contributed by atoms with Crippen molar-refractivity contribution in [2.24, 2.45) is 0 Å². The molecule has 0 spiro atoms. The minimum absolute atomic E-state index is 0.101. The first-order valence-corrected chi connectivity index (χ1v) is 6.78. The molecule has 0 aliphatic carbocycles. The molecule has 6 heteroatoms. The molecular weight excluding hydrogens is 262 g/mol. The summed E-state index contributed by atoms with van der Waals surface area (Å²) in [6.07, 6.45) is 1.99. The van der Waals surface area contributed by atoms with Crippen LogP contribution in [0.25, 0.3) is 0 Å². The maximum atomic E-state index is 11.0. The lowest BCUT2D eigenvalue weighted by Gasteiger charge is -2.08. The van der Waals surface area contributed by atoms with Gasteiger partial charge in [0, 0.05) is 10.6 Å². The molecule has 0 saturated heterocycles. The maximum Gasteiger partial charge on any atom is 0.315 e. The lowest BCUT2D eigenvalue weighted by molar-refractivity contribution is -0.383. The Hall–Kier alpha value is -2.21. The fourth-order valence-corrected chi connectivity index (χ4v) is 2.10. The smallest absolute Gasteiger partial charge is 0.315 e. The Bertz CT molecular complexity index is 599. The van der Waals surface area contributed by atoms with Crippen LogP contribution in [0.3, 0.4) is 0 Å². The third kappa shape index (κ3) is 2.97. The zero-order valence-electron chi connectivity index (χ0n) is 10.3. The summed E-state index contributed by atoms with van der Waals surface area (Å²) in [5.41, 5.74) is 6.86. The van der Waals surface area contributed by atoms with Crippen molar-refractivity contribution in [3.05, 3.63) is 52.6 Å². The van der Waals surface area contributed by atoms with Crippen molar-refractivity contribution >= 4 is 34.5 Å². The maximum absolute atomic E-state index is 11.0. The number of nitrogen functional groups attached to an aromatic ring is 1. The Morgan fingerprint density at radius 1 is 1.21 bits per heavy atom. The van der Waals surface area contributed by atoms with Gasteiger partial charge in [0.25, 0.3) is 0 Å². The Morgan fingerprint density at radius 3 is 2.47 bits per heavy atom. The predicted octanol–water partition coefficient (Wildman–Crippen LogP) is 3.64. The molecule has 0 radical (unpaired) electrons. The molecule has 0 atom stereocenters. The normalized spacial score (nSPS) is 10.2. The highest BCUT2D eigenvalue weighted by Crippen LogP contribution is 2.33. The van der Waals surface area contributed by atoms with E-state index in [4.69, 9.17) is 5.73 Å². The molecule has 0 aromatic heterocycles. The molecule has 2 rings (SSSR count). The van der Waals surface area contributed by atoms with Crippen LogP contribution >= 0.6 is 11.8 Å². The van der Waals surface area contributed by atoms with E-state index >= 15 is 0 Å². The number of anilines is 3. The highest BCUT2D eigenvalue weighted by molar-refractivity contribution is 7.98. The molecule has 5 nitrogen and oxygen atoms in total. The summed E-state index contributed by atoms with van der Waals surface area (Å²) in [4.78, 5) is 11.7. The van der Waals surface area contributed by atoms with Crippen LogP contribution < -0.4 is 11.1 Å². The van der Waals surface area contributed by atoms with Gasteiger partial charge in [0.05, 0.1) is 4.92 Å². The molecule has 0 saturated carbocycles. The van der Waals surface area contributed by atoms with E-state index in [1.54, 1.807) is 23.9 Å². The summed E-state index contributed by atoms with van der Waals surface area (Å²) in [6, 6.07) is 12.5. The van der Waals surface area contributed by atoms with Crippen LogP contribution in [0.1, 0.15) is 0 Å². The van der Waals surface area contributed by atoms with Gasteiger partial charge in [0.1, 0.15) is 11.4 Å². The number of nitrogens with two attached hydrogens (primary N) is 1. The van der Waals surface area contributed by atoms with Crippen molar-refractivity contribution in [3.63, 3.8) is 0 Å². The minimum atomic E-state index is -0.478. The highest BCUT2D eigenvalue weighted by Gasteiger charge is 2.17. The topological polar surface area (TPSA) is 81.2 Å². The number of benzene rings is 2. The van der Waals surface area contributed by atoms with E-state index in [9.17, 15) is 10.1 Å². The van der Waals surface area contributed by atoms with Crippen LogP contribution in [0.2, 0.25) is 0 Å². The van der Waals surface area contributed by atoms with E-state index in [0.29, 0.717) is 5.69 Å². The number of thioether (sulfide) groups is 1.